The van der Waals surface area contributed by atoms with Gasteiger partial charge in [-0.3, -0.25) is 19.7 Å². The van der Waals surface area contributed by atoms with Gasteiger partial charge in [0.05, 0.1) is 4.92 Å². The van der Waals surface area contributed by atoms with Gasteiger partial charge in [0, 0.05) is 11.6 Å². The van der Waals surface area contributed by atoms with Crippen LogP contribution in [0.25, 0.3) is 0 Å². The predicted octanol–water partition coefficient (Wildman–Crippen LogP) is 1.92. The van der Waals surface area contributed by atoms with Crippen LogP contribution in [0.2, 0.25) is 0 Å². The fraction of sp³-hybridized carbons (Fsp3) is 0.200. The Labute approximate surface area is 85.9 Å². The normalized spacial score (nSPS) is 9.73. The largest absolute Gasteiger partial charge is 0.298 e. The van der Waals surface area contributed by atoms with Crippen molar-refractivity contribution in [1.82, 2.24) is 0 Å². The molecule has 5 nitrogen and oxygen atoms in total. The lowest BCUT2D eigenvalue weighted by molar-refractivity contribution is -0.385. The number of nitro benzene ring substituents is 1. The quantitative estimate of drug-likeness (QED) is 0.328. The molecule has 0 aliphatic carbocycles. The van der Waals surface area contributed by atoms with Crippen molar-refractivity contribution in [3.8, 4) is 0 Å². The molecule has 15 heavy (non-hydrogen) atoms. The molecule has 0 aliphatic heterocycles. The van der Waals surface area contributed by atoms with Crippen LogP contribution in [0.3, 0.4) is 0 Å². The van der Waals surface area contributed by atoms with Gasteiger partial charge in [-0.25, -0.2) is 0 Å². The van der Waals surface area contributed by atoms with Crippen molar-refractivity contribution in [1.29, 1.82) is 0 Å². The number of benzene rings is 1. The Kier molecular flexibility index (Phi) is 2.94. The lowest BCUT2D eigenvalue weighted by atomic mass is 10.0. The number of carbonyl (C=O) groups excluding carboxylic acids is 2. The molecule has 0 aromatic heterocycles. The molecule has 0 unspecified atom stereocenters. The van der Waals surface area contributed by atoms with Gasteiger partial charge in [-0.1, -0.05) is 0 Å². The van der Waals surface area contributed by atoms with E-state index in [1.54, 1.807) is 6.92 Å². The Morgan fingerprint density at radius 1 is 1.47 bits per heavy atom. The van der Waals surface area contributed by atoms with Gasteiger partial charge in [0.15, 0.2) is 12.1 Å². The van der Waals surface area contributed by atoms with E-state index in [2.05, 4.69) is 0 Å². The zero-order valence-electron chi connectivity index (χ0n) is 8.31. The van der Waals surface area contributed by atoms with E-state index in [1.165, 1.54) is 19.1 Å². The molecule has 0 saturated heterocycles. The molecule has 1 aromatic carbocycles. The van der Waals surface area contributed by atoms with E-state index in [4.69, 9.17) is 0 Å². The summed E-state index contributed by atoms with van der Waals surface area (Å²) in [6.45, 7) is 2.90. The van der Waals surface area contributed by atoms with Crippen LogP contribution in [0.15, 0.2) is 12.1 Å². The fourth-order valence-electron chi connectivity index (χ4n) is 1.34. The average Bonchev–Trinajstić information content (AvgIpc) is 2.16. The van der Waals surface area contributed by atoms with Gasteiger partial charge < -0.3 is 0 Å². The van der Waals surface area contributed by atoms with Crippen LogP contribution in [0.1, 0.15) is 33.2 Å². The van der Waals surface area contributed by atoms with E-state index in [9.17, 15) is 19.7 Å². The molecule has 5 heteroatoms. The van der Waals surface area contributed by atoms with Crippen LogP contribution >= 0.6 is 0 Å². The van der Waals surface area contributed by atoms with Crippen molar-refractivity contribution < 1.29 is 14.5 Å². The predicted molar refractivity (Wildman–Crippen MR) is 53.2 cm³/mol. The lowest BCUT2D eigenvalue weighted by Gasteiger charge is -2.03. The number of ketones is 1. The van der Waals surface area contributed by atoms with Crippen LogP contribution in [0.4, 0.5) is 5.69 Å². The van der Waals surface area contributed by atoms with E-state index in [0.29, 0.717) is 11.8 Å². The number of aldehydes is 1. The monoisotopic (exact) mass is 207 g/mol. The van der Waals surface area contributed by atoms with Crippen molar-refractivity contribution >= 4 is 17.8 Å². The van der Waals surface area contributed by atoms with Crippen LogP contribution in [-0.2, 0) is 0 Å². The molecule has 0 amide bonds. The van der Waals surface area contributed by atoms with Crippen LogP contribution in [0, 0.1) is 17.0 Å². The molecule has 0 N–H and O–H groups in total. The van der Waals surface area contributed by atoms with Crippen LogP contribution in [-0.4, -0.2) is 17.0 Å². The molecule has 0 bridgehead atoms. The minimum atomic E-state index is -0.664. The standard InChI is InChI=1S/C10H9NO4/c1-6-3-8(7(2)13)9(5-12)10(4-6)11(14)15/h3-5H,1-2H3. The highest BCUT2D eigenvalue weighted by Gasteiger charge is 2.20. The number of nitrogens with zero attached hydrogens (tertiary/aromatic N) is 1. The summed E-state index contributed by atoms with van der Waals surface area (Å²) < 4.78 is 0. The summed E-state index contributed by atoms with van der Waals surface area (Å²) in [6, 6.07) is 2.75. The lowest BCUT2D eigenvalue weighted by Crippen LogP contribution is -2.04. The highest BCUT2D eigenvalue weighted by atomic mass is 16.6. The Morgan fingerprint density at radius 2 is 2.07 bits per heavy atom. The smallest absolute Gasteiger partial charge is 0.280 e. The summed E-state index contributed by atoms with van der Waals surface area (Å²) in [7, 11) is 0. The Bertz CT molecular complexity index is 416. The van der Waals surface area contributed by atoms with E-state index < -0.39 is 4.92 Å². The fourth-order valence-corrected chi connectivity index (χ4v) is 1.34. The molecule has 1 aromatic rings. The number of Topliss-reactive ketones (excluding diaryl/α,β-unsaturated/α-hetero) is 1. The average molecular weight is 207 g/mol. The summed E-state index contributed by atoms with van der Waals surface area (Å²) in [4.78, 5) is 31.9. The third kappa shape index (κ3) is 2.07. The molecule has 0 fully saturated rings. The highest BCUT2D eigenvalue weighted by Crippen LogP contribution is 2.23. The van der Waals surface area contributed by atoms with Gasteiger partial charge in [-0.2, -0.15) is 0 Å². The second-order valence-corrected chi connectivity index (χ2v) is 3.18. The molecule has 0 aliphatic rings. The first-order valence-electron chi connectivity index (χ1n) is 4.22. The van der Waals surface area contributed by atoms with Crippen molar-refractivity contribution in [3.63, 3.8) is 0 Å². The number of hydrogen-bond donors (Lipinski definition) is 0. The van der Waals surface area contributed by atoms with Gasteiger partial charge in [0.2, 0.25) is 0 Å². The van der Waals surface area contributed by atoms with Gasteiger partial charge in [-0.15, -0.1) is 0 Å². The third-order valence-electron chi connectivity index (χ3n) is 2.00. The van der Waals surface area contributed by atoms with E-state index >= 15 is 0 Å². The van der Waals surface area contributed by atoms with Crippen LogP contribution < -0.4 is 0 Å². The summed E-state index contributed by atoms with van der Waals surface area (Å²) >= 11 is 0. The molecule has 78 valence electrons. The minimum absolute atomic E-state index is 0.0942. The van der Waals surface area contributed by atoms with Gasteiger partial charge in [0.1, 0.15) is 5.56 Å². The van der Waals surface area contributed by atoms with Gasteiger partial charge in [-0.05, 0) is 25.5 Å². The zero-order valence-corrected chi connectivity index (χ0v) is 8.31. The number of nitro groups is 1. The topological polar surface area (TPSA) is 77.3 Å². The molecule has 1 rings (SSSR count). The van der Waals surface area contributed by atoms with Crippen molar-refractivity contribution in [2.45, 2.75) is 13.8 Å². The zero-order chi connectivity index (χ0) is 11.6. The van der Waals surface area contributed by atoms with E-state index in [0.717, 1.165) is 0 Å². The molecular weight excluding hydrogens is 198 g/mol. The van der Waals surface area contributed by atoms with Crippen molar-refractivity contribution in [3.05, 3.63) is 38.9 Å². The first-order chi connectivity index (χ1) is 6.97. The van der Waals surface area contributed by atoms with E-state index in [-0.39, 0.29) is 22.6 Å². The minimum Gasteiger partial charge on any atom is -0.298 e. The van der Waals surface area contributed by atoms with Gasteiger partial charge in [0.25, 0.3) is 5.69 Å². The number of hydrogen-bond acceptors (Lipinski definition) is 4. The SMILES string of the molecule is CC(=O)c1cc(C)cc([N+](=O)[O-])c1C=O. The summed E-state index contributed by atoms with van der Waals surface area (Å²) in [5, 5.41) is 10.6. The van der Waals surface area contributed by atoms with Crippen LogP contribution in [0.5, 0.6) is 0 Å². The maximum absolute atomic E-state index is 11.2. The molecule has 0 saturated carbocycles. The summed E-state index contributed by atoms with van der Waals surface area (Å²) in [6.07, 6.45) is 0.342. The first kappa shape index (κ1) is 11.0. The van der Waals surface area contributed by atoms with Crippen molar-refractivity contribution in [2.24, 2.45) is 0 Å². The molecular formula is C10H9NO4. The Hall–Kier alpha value is -2.04. The Balaban J connectivity index is 3.59. The molecule has 0 atom stereocenters. The maximum atomic E-state index is 11.2. The number of rotatable bonds is 3. The van der Waals surface area contributed by atoms with Crippen molar-refractivity contribution in [2.75, 3.05) is 0 Å². The summed E-state index contributed by atoms with van der Waals surface area (Å²) in [5.41, 5.74) is 0.197. The summed E-state index contributed by atoms with van der Waals surface area (Å²) in [5.74, 6) is -0.357. The second kappa shape index (κ2) is 4.00. The maximum Gasteiger partial charge on any atom is 0.280 e. The Morgan fingerprint density at radius 3 is 2.47 bits per heavy atom. The highest BCUT2D eigenvalue weighted by molar-refractivity contribution is 6.03. The first-order valence-corrected chi connectivity index (χ1v) is 4.22. The number of carbonyl (C=O) groups is 2. The second-order valence-electron chi connectivity index (χ2n) is 3.18. The molecule has 0 spiro atoms. The van der Waals surface area contributed by atoms with E-state index in [1.807, 2.05) is 0 Å². The molecule has 0 radical (unpaired) electrons. The van der Waals surface area contributed by atoms with Gasteiger partial charge >= 0.3 is 0 Å². The number of aryl methyl sites for hydroxylation is 1. The third-order valence-corrected chi connectivity index (χ3v) is 2.00. The molecule has 0 heterocycles.